The van der Waals surface area contributed by atoms with Gasteiger partial charge in [-0.15, -0.1) is 0 Å². The highest BCUT2D eigenvalue weighted by atomic mass is 16.3. The second-order valence-electron chi connectivity index (χ2n) is 4.62. The van der Waals surface area contributed by atoms with E-state index in [0.29, 0.717) is 6.04 Å². The van der Waals surface area contributed by atoms with Crippen molar-refractivity contribution in [2.45, 2.75) is 52.2 Å². The maximum Gasteiger partial charge on any atom is 0.0549 e. The minimum atomic E-state index is -0.169. The lowest BCUT2D eigenvalue weighted by Gasteiger charge is -2.16. The topological polar surface area (TPSA) is 32.3 Å². The van der Waals surface area contributed by atoms with Gasteiger partial charge in [0.25, 0.3) is 0 Å². The van der Waals surface area contributed by atoms with E-state index in [1.807, 2.05) is 6.92 Å². The van der Waals surface area contributed by atoms with E-state index in [1.54, 1.807) is 0 Å². The molecule has 0 aliphatic rings. The van der Waals surface area contributed by atoms with E-state index < -0.39 is 0 Å². The van der Waals surface area contributed by atoms with E-state index in [1.165, 1.54) is 11.1 Å². The molecule has 2 N–H and O–H groups in total. The minimum Gasteiger partial charge on any atom is -0.393 e. The van der Waals surface area contributed by atoms with Crippen molar-refractivity contribution in [2.75, 3.05) is 6.54 Å². The molecule has 0 radical (unpaired) electrons. The first kappa shape index (κ1) is 14.2. The normalized spacial score (nSPS) is 14.6. The van der Waals surface area contributed by atoms with Crippen LogP contribution in [0.25, 0.3) is 0 Å². The standard InChI is InChI=1S/C15H25NO/c1-4-13-6-8-14(9-7-13)12(3)16-11-10-15(17)5-2/h6-9,12,15-17H,4-5,10-11H2,1-3H3. The Morgan fingerprint density at radius 3 is 2.35 bits per heavy atom. The van der Waals surface area contributed by atoms with Crippen LogP contribution in [0.1, 0.15) is 50.8 Å². The van der Waals surface area contributed by atoms with Gasteiger partial charge in [0.15, 0.2) is 0 Å². The third-order valence-corrected chi connectivity index (χ3v) is 3.29. The van der Waals surface area contributed by atoms with Crippen molar-refractivity contribution in [1.29, 1.82) is 0 Å². The van der Waals surface area contributed by atoms with Gasteiger partial charge in [-0.25, -0.2) is 0 Å². The Morgan fingerprint density at radius 2 is 1.82 bits per heavy atom. The van der Waals surface area contributed by atoms with Crippen LogP contribution in [-0.4, -0.2) is 17.8 Å². The number of hydrogen-bond donors (Lipinski definition) is 2. The van der Waals surface area contributed by atoms with E-state index in [0.717, 1.165) is 25.8 Å². The summed E-state index contributed by atoms with van der Waals surface area (Å²) in [6.45, 7) is 7.21. The van der Waals surface area contributed by atoms with Gasteiger partial charge in [-0.05, 0) is 43.9 Å². The number of aliphatic hydroxyl groups is 1. The van der Waals surface area contributed by atoms with Crippen molar-refractivity contribution in [1.82, 2.24) is 5.32 Å². The van der Waals surface area contributed by atoms with Crippen LogP contribution in [0.15, 0.2) is 24.3 Å². The van der Waals surface area contributed by atoms with E-state index in [9.17, 15) is 5.11 Å². The van der Waals surface area contributed by atoms with Crippen LogP contribution >= 0.6 is 0 Å². The summed E-state index contributed by atoms with van der Waals surface area (Å²) >= 11 is 0. The van der Waals surface area contributed by atoms with Gasteiger partial charge in [-0.3, -0.25) is 0 Å². The van der Waals surface area contributed by atoms with Crippen molar-refractivity contribution in [2.24, 2.45) is 0 Å². The van der Waals surface area contributed by atoms with Gasteiger partial charge in [0.05, 0.1) is 6.10 Å². The molecule has 0 bridgehead atoms. The zero-order valence-corrected chi connectivity index (χ0v) is 11.2. The molecule has 0 aliphatic heterocycles. The van der Waals surface area contributed by atoms with Gasteiger partial charge in [-0.2, -0.15) is 0 Å². The molecule has 2 atom stereocenters. The minimum absolute atomic E-state index is 0.169. The first-order valence-electron chi connectivity index (χ1n) is 6.67. The molecule has 0 amide bonds. The molecule has 0 saturated carbocycles. The highest BCUT2D eigenvalue weighted by molar-refractivity contribution is 5.24. The maximum atomic E-state index is 9.47. The van der Waals surface area contributed by atoms with Gasteiger partial charge >= 0.3 is 0 Å². The summed E-state index contributed by atoms with van der Waals surface area (Å²) in [7, 11) is 0. The fourth-order valence-electron chi connectivity index (χ4n) is 1.83. The SMILES string of the molecule is CCc1ccc(C(C)NCCC(O)CC)cc1. The Balaban J connectivity index is 2.38. The van der Waals surface area contributed by atoms with E-state index in [4.69, 9.17) is 0 Å². The molecule has 1 rings (SSSR count). The molecule has 96 valence electrons. The van der Waals surface area contributed by atoms with E-state index >= 15 is 0 Å². The zero-order valence-electron chi connectivity index (χ0n) is 11.2. The monoisotopic (exact) mass is 235 g/mol. The lowest BCUT2D eigenvalue weighted by atomic mass is 10.0. The van der Waals surface area contributed by atoms with Crippen molar-refractivity contribution in [3.05, 3.63) is 35.4 Å². The van der Waals surface area contributed by atoms with Crippen LogP contribution in [0.4, 0.5) is 0 Å². The van der Waals surface area contributed by atoms with E-state index in [2.05, 4.69) is 43.4 Å². The van der Waals surface area contributed by atoms with Crippen molar-refractivity contribution in [3.63, 3.8) is 0 Å². The van der Waals surface area contributed by atoms with Crippen LogP contribution in [0.3, 0.4) is 0 Å². The summed E-state index contributed by atoms with van der Waals surface area (Å²) in [5, 5.41) is 12.9. The fraction of sp³-hybridized carbons (Fsp3) is 0.600. The molecule has 1 aromatic carbocycles. The summed E-state index contributed by atoms with van der Waals surface area (Å²) < 4.78 is 0. The second-order valence-corrected chi connectivity index (χ2v) is 4.62. The predicted molar refractivity (Wildman–Crippen MR) is 73.2 cm³/mol. The number of hydrogen-bond acceptors (Lipinski definition) is 2. The first-order valence-corrected chi connectivity index (χ1v) is 6.67. The molecule has 2 heteroatoms. The van der Waals surface area contributed by atoms with E-state index in [-0.39, 0.29) is 6.10 Å². The maximum absolute atomic E-state index is 9.47. The number of rotatable bonds is 7. The van der Waals surface area contributed by atoms with Crippen molar-refractivity contribution < 1.29 is 5.11 Å². The Bertz CT molecular complexity index is 307. The summed E-state index contributed by atoms with van der Waals surface area (Å²) in [6, 6.07) is 9.10. The van der Waals surface area contributed by atoms with Crippen LogP contribution in [0.5, 0.6) is 0 Å². The van der Waals surface area contributed by atoms with Crippen LogP contribution in [0.2, 0.25) is 0 Å². The van der Waals surface area contributed by atoms with Gasteiger partial charge in [0.2, 0.25) is 0 Å². The molecule has 0 aromatic heterocycles. The molecule has 2 nitrogen and oxygen atoms in total. The average Bonchev–Trinajstić information content (AvgIpc) is 2.38. The smallest absolute Gasteiger partial charge is 0.0549 e. The molecule has 0 heterocycles. The number of aryl methyl sites for hydroxylation is 1. The molecule has 0 spiro atoms. The summed E-state index contributed by atoms with van der Waals surface area (Å²) in [6.07, 6.45) is 2.58. The first-order chi connectivity index (χ1) is 8.17. The van der Waals surface area contributed by atoms with Crippen molar-refractivity contribution in [3.8, 4) is 0 Å². The van der Waals surface area contributed by atoms with Gasteiger partial charge < -0.3 is 10.4 Å². The largest absolute Gasteiger partial charge is 0.393 e. The molecule has 17 heavy (non-hydrogen) atoms. The van der Waals surface area contributed by atoms with Gasteiger partial charge in [-0.1, -0.05) is 38.1 Å². The Morgan fingerprint density at radius 1 is 1.18 bits per heavy atom. The highest BCUT2D eigenvalue weighted by Crippen LogP contribution is 2.13. The Hall–Kier alpha value is -0.860. The molecule has 0 fully saturated rings. The zero-order chi connectivity index (χ0) is 12.7. The summed E-state index contributed by atoms with van der Waals surface area (Å²) in [4.78, 5) is 0. The molecular formula is C15H25NO. The molecule has 0 aliphatic carbocycles. The fourth-order valence-corrected chi connectivity index (χ4v) is 1.83. The van der Waals surface area contributed by atoms with Crippen molar-refractivity contribution >= 4 is 0 Å². The van der Waals surface area contributed by atoms with Crippen LogP contribution in [0, 0.1) is 0 Å². The number of aliphatic hydroxyl groups excluding tert-OH is 1. The summed E-state index contributed by atoms with van der Waals surface area (Å²) in [5.41, 5.74) is 2.69. The predicted octanol–water partition coefficient (Wildman–Crippen LogP) is 3.06. The number of benzene rings is 1. The van der Waals surface area contributed by atoms with Gasteiger partial charge in [0, 0.05) is 6.04 Å². The number of nitrogens with one attached hydrogen (secondary N) is 1. The molecule has 2 unspecified atom stereocenters. The van der Waals surface area contributed by atoms with Gasteiger partial charge in [0.1, 0.15) is 0 Å². The van der Waals surface area contributed by atoms with Crippen LogP contribution in [-0.2, 0) is 6.42 Å². The summed E-state index contributed by atoms with van der Waals surface area (Å²) in [5.74, 6) is 0. The molecule has 0 saturated heterocycles. The second kappa shape index (κ2) is 7.46. The Labute approximate surface area is 105 Å². The van der Waals surface area contributed by atoms with Crippen LogP contribution < -0.4 is 5.32 Å². The lowest BCUT2D eigenvalue weighted by Crippen LogP contribution is -2.23. The Kier molecular flexibility index (Phi) is 6.23. The lowest BCUT2D eigenvalue weighted by molar-refractivity contribution is 0.159. The molecule has 1 aromatic rings. The third kappa shape index (κ3) is 4.88. The third-order valence-electron chi connectivity index (χ3n) is 3.29. The quantitative estimate of drug-likeness (QED) is 0.761. The molecular weight excluding hydrogens is 210 g/mol. The highest BCUT2D eigenvalue weighted by Gasteiger charge is 2.05. The average molecular weight is 235 g/mol.